The molecule has 0 saturated heterocycles. The van der Waals surface area contributed by atoms with Gasteiger partial charge in [0.25, 0.3) is 5.91 Å². The number of benzene rings is 1. The van der Waals surface area contributed by atoms with Gasteiger partial charge in [-0.15, -0.1) is 0 Å². The third kappa shape index (κ3) is 2.72. The first kappa shape index (κ1) is 11.4. The fourth-order valence-electron chi connectivity index (χ4n) is 1.39. The largest absolute Gasteiger partial charge is 0.484 e. The van der Waals surface area contributed by atoms with Gasteiger partial charge in [0, 0.05) is 5.39 Å². The van der Waals surface area contributed by atoms with Crippen molar-refractivity contribution in [2.45, 2.75) is 6.30 Å². The molecule has 6 heteroatoms. The lowest BCUT2D eigenvalue weighted by Gasteiger charge is -2.08. The van der Waals surface area contributed by atoms with Crippen molar-refractivity contribution in [1.29, 1.82) is 0 Å². The Bertz CT molecular complexity index is 566. The molecule has 2 rings (SSSR count). The lowest BCUT2D eigenvalue weighted by molar-refractivity contribution is -0.146. The molecule has 88 valence electrons. The van der Waals surface area contributed by atoms with Gasteiger partial charge >= 0.3 is 6.30 Å². The Balaban J connectivity index is 2.33. The zero-order chi connectivity index (χ0) is 12.5. The number of amides is 1. The Morgan fingerprint density at radius 2 is 1.82 bits per heavy atom. The van der Waals surface area contributed by atoms with Crippen LogP contribution in [0.4, 0.5) is 13.2 Å². The van der Waals surface area contributed by atoms with E-state index in [1.54, 1.807) is 30.3 Å². The molecule has 3 nitrogen and oxygen atoms in total. The molecule has 0 radical (unpaired) electrons. The number of nitrogens with one attached hydrogen (secondary N) is 1. The topological polar surface area (TPSA) is 42.0 Å². The van der Waals surface area contributed by atoms with E-state index in [0.29, 0.717) is 5.52 Å². The fraction of sp³-hybridized carbons (Fsp3) is 0.0909. The summed E-state index contributed by atoms with van der Waals surface area (Å²) in [7, 11) is 0. The van der Waals surface area contributed by atoms with Crippen molar-refractivity contribution in [3.8, 4) is 0 Å². The van der Waals surface area contributed by atoms with E-state index in [1.165, 1.54) is 6.07 Å². The highest BCUT2D eigenvalue weighted by atomic mass is 19.4. The maximum Gasteiger partial charge on any atom is 0.484 e. The average molecular weight is 240 g/mol. The number of alkyl halides is 3. The van der Waals surface area contributed by atoms with Crippen LogP contribution in [0.5, 0.6) is 0 Å². The number of carbonyl (C=O) groups excluding carboxylic acids is 1. The van der Waals surface area contributed by atoms with Crippen LogP contribution in [0.1, 0.15) is 10.5 Å². The van der Waals surface area contributed by atoms with Gasteiger partial charge in [0.15, 0.2) is 0 Å². The van der Waals surface area contributed by atoms with E-state index in [0.717, 1.165) is 10.7 Å². The Kier molecular flexibility index (Phi) is 2.71. The molecule has 0 fully saturated rings. The van der Waals surface area contributed by atoms with Crippen LogP contribution < -0.4 is 5.32 Å². The second-order valence-corrected chi connectivity index (χ2v) is 3.34. The van der Waals surface area contributed by atoms with Gasteiger partial charge in [-0.1, -0.05) is 24.3 Å². The third-order valence-electron chi connectivity index (χ3n) is 2.09. The lowest BCUT2D eigenvalue weighted by Crippen LogP contribution is -2.37. The molecule has 0 aliphatic carbocycles. The molecule has 1 N–H and O–H groups in total. The average Bonchev–Trinajstić information content (AvgIpc) is 2.26. The summed E-state index contributed by atoms with van der Waals surface area (Å²) >= 11 is 0. The smallest absolute Gasteiger partial charge is 0.267 e. The molecular weight excluding hydrogens is 233 g/mol. The van der Waals surface area contributed by atoms with Gasteiger partial charge < -0.3 is 0 Å². The zero-order valence-corrected chi connectivity index (χ0v) is 8.45. The minimum absolute atomic E-state index is 0.263. The maximum absolute atomic E-state index is 11.9. The molecule has 1 aromatic heterocycles. The van der Waals surface area contributed by atoms with E-state index in [-0.39, 0.29) is 5.69 Å². The lowest BCUT2D eigenvalue weighted by atomic mass is 10.2. The summed E-state index contributed by atoms with van der Waals surface area (Å²) in [6.45, 7) is 0. The predicted octanol–water partition coefficient (Wildman–Crippen LogP) is 2.48. The molecule has 0 spiro atoms. The first-order valence-electron chi connectivity index (χ1n) is 4.71. The third-order valence-corrected chi connectivity index (χ3v) is 2.09. The summed E-state index contributed by atoms with van der Waals surface area (Å²) in [5.74, 6) is -1.26. The van der Waals surface area contributed by atoms with E-state index in [4.69, 9.17) is 0 Å². The number of halogens is 3. The second-order valence-electron chi connectivity index (χ2n) is 3.34. The number of para-hydroxylation sites is 1. The normalized spacial score (nSPS) is 11.5. The van der Waals surface area contributed by atoms with Crippen molar-refractivity contribution < 1.29 is 18.0 Å². The maximum atomic E-state index is 11.9. The highest BCUT2D eigenvalue weighted by Gasteiger charge is 2.30. The second kappa shape index (κ2) is 4.04. The standard InChI is InChI=1S/C11H7F3N2O/c12-11(13,14)16-10(17)9-6-5-7-3-1-2-4-8(7)15-9/h1-6H,(H,16,17). The van der Waals surface area contributed by atoms with Gasteiger partial charge in [-0.3, -0.25) is 10.1 Å². The summed E-state index contributed by atoms with van der Waals surface area (Å²) in [6, 6.07) is 9.66. The van der Waals surface area contributed by atoms with Gasteiger partial charge in [0.2, 0.25) is 0 Å². The summed E-state index contributed by atoms with van der Waals surface area (Å²) in [4.78, 5) is 15.1. The Labute approximate surface area is 94.3 Å². The van der Waals surface area contributed by atoms with Crippen molar-refractivity contribution in [2.24, 2.45) is 0 Å². The Morgan fingerprint density at radius 1 is 1.12 bits per heavy atom. The van der Waals surface area contributed by atoms with Gasteiger partial charge in [-0.2, -0.15) is 13.2 Å². The van der Waals surface area contributed by atoms with E-state index < -0.39 is 12.2 Å². The first-order chi connectivity index (χ1) is 7.96. The van der Waals surface area contributed by atoms with Crippen LogP contribution in [0, 0.1) is 0 Å². The number of hydrogen-bond donors (Lipinski definition) is 1. The monoisotopic (exact) mass is 240 g/mol. The molecule has 1 amide bonds. The molecule has 1 heterocycles. The van der Waals surface area contributed by atoms with Crippen molar-refractivity contribution in [1.82, 2.24) is 10.3 Å². The summed E-state index contributed by atoms with van der Waals surface area (Å²) in [5, 5.41) is 1.66. The van der Waals surface area contributed by atoms with Gasteiger partial charge in [0.05, 0.1) is 5.52 Å². The molecule has 0 saturated carbocycles. The van der Waals surface area contributed by atoms with Gasteiger partial charge in [0.1, 0.15) is 5.69 Å². The van der Waals surface area contributed by atoms with Crippen molar-refractivity contribution >= 4 is 16.8 Å². The molecule has 0 aliphatic heterocycles. The zero-order valence-electron chi connectivity index (χ0n) is 8.45. The highest BCUT2D eigenvalue weighted by Crippen LogP contribution is 2.14. The van der Waals surface area contributed by atoms with Crippen molar-refractivity contribution in [2.75, 3.05) is 0 Å². The SMILES string of the molecule is O=C(NC(F)(F)F)c1ccc2ccccc2n1. The molecule has 0 unspecified atom stereocenters. The molecule has 0 bridgehead atoms. The van der Waals surface area contributed by atoms with Crippen LogP contribution in [0.15, 0.2) is 36.4 Å². The summed E-state index contributed by atoms with van der Waals surface area (Å²) in [5.41, 5.74) is 0.211. The molecule has 0 aliphatic rings. The Hall–Kier alpha value is -2.11. The van der Waals surface area contributed by atoms with Gasteiger partial charge in [-0.25, -0.2) is 4.98 Å². The van der Waals surface area contributed by atoms with Crippen molar-refractivity contribution in [3.63, 3.8) is 0 Å². The quantitative estimate of drug-likeness (QED) is 0.778. The number of pyridine rings is 1. The van der Waals surface area contributed by atoms with E-state index >= 15 is 0 Å². The fourth-order valence-corrected chi connectivity index (χ4v) is 1.39. The molecule has 0 atom stereocenters. The molecule has 2 aromatic rings. The number of aromatic nitrogens is 1. The number of nitrogens with zero attached hydrogens (tertiary/aromatic N) is 1. The van der Waals surface area contributed by atoms with Crippen LogP contribution >= 0.6 is 0 Å². The number of rotatable bonds is 1. The van der Waals surface area contributed by atoms with Crippen LogP contribution in [0.2, 0.25) is 0 Å². The number of hydrogen-bond acceptors (Lipinski definition) is 2. The van der Waals surface area contributed by atoms with Crippen LogP contribution in [0.25, 0.3) is 10.9 Å². The van der Waals surface area contributed by atoms with Gasteiger partial charge in [-0.05, 0) is 12.1 Å². The summed E-state index contributed by atoms with van der Waals surface area (Å²) < 4.78 is 35.8. The predicted molar refractivity (Wildman–Crippen MR) is 55.3 cm³/mol. The molecule has 17 heavy (non-hydrogen) atoms. The highest BCUT2D eigenvalue weighted by molar-refractivity contribution is 5.94. The Morgan fingerprint density at radius 3 is 2.53 bits per heavy atom. The number of fused-ring (bicyclic) bond motifs is 1. The van der Waals surface area contributed by atoms with E-state index in [1.807, 2.05) is 0 Å². The minimum Gasteiger partial charge on any atom is -0.267 e. The van der Waals surface area contributed by atoms with E-state index in [2.05, 4.69) is 4.98 Å². The van der Waals surface area contributed by atoms with Crippen molar-refractivity contribution in [3.05, 3.63) is 42.1 Å². The molecular formula is C11H7F3N2O. The van der Waals surface area contributed by atoms with E-state index in [9.17, 15) is 18.0 Å². The number of carbonyl (C=O) groups is 1. The van der Waals surface area contributed by atoms with Crippen LogP contribution in [-0.2, 0) is 0 Å². The summed E-state index contributed by atoms with van der Waals surface area (Å²) in [6.07, 6.45) is -4.75. The molecule has 1 aromatic carbocycles. The first-order valence-corrected chi connectivity index (χ1v) is 4.71. The van der Waals surface area contributed by atoms with Crippen LogP contribution in [0.3, 0.4) is 0 Å². The minimum atomic E-state index is -4.75. The van der Waals surface area contributed by atoms with Crippen LogP contribution in [-0.4, -0.2) is 17.2 Å².